The van der Waals surface area contributed by atoms with Gasteiger partial charge in [0.05, 0.1) is 12.8 Å². The predicted octanol–water partition coefficient (Wildman–Crippen LogP) is 1.76. The zero-order valence-corrected chi connectivity index (χ0v) is 12.0. The van der Waals surface area contributed by atoms with Crippen LogP contribution in [0.2, 0.25) is 0 Å². The number of anilines is 1. The van der Waals surface area contributed by atoms with Gasteiger partial charge in [0.1, 0.15) is 17.7 Å². The molecule has 2 aromatic rings. The van der Waals surface area contributed by atoms with Crippen molar-refractivity contribution in [2.45, 2.75) is 6.10 Å². The SMILES string of the molecule is O=C(/C=C/C(=O)Nc1ccc(F)cc1)NCC(O)c1ccco1. The minimum atomic E-state index is -0.963. The van der Waals surface area contributed by atoms with Gasteiger partial charge >= 0.3 is 0 Å². The van der Waals surface area contributed by atoms with Crippen LogP contribution in [0.4, 0.5) is 10.1 Å². The Morgan fingerprint density at radius 2 is 1.87 bits per heavy atom. The van der Waals surface area contributed by atoms with Crippen molar-refractivity contribution in [2.75, 3.05) is 11.9 Å². The molecule has 0 radical (unpaired) electrons. The minimum absolute atomic E-state index is 0.0454. The first-order valence-electron chi connectivity index (χ1n) is 6.78. The third kappa shape index (κ3) is 5.40. The summed E-state index contributed by atoms with van der Waals surface area (Å²) in [6, 6.07) is 8.44. The van der Waals surface area contributed by atoms with E-state index in [1.165, 1.54) is 30.5 Å². The number of furan rings is 1. The molecule has 0 bridgehead atoms. The molecule has 0 aliphatic rings. The predicted molar refractivity (Wildman–Crippen MR) is 80.8 cm³/mol. The van der Waals surface area contributed by atoms with E-state index in [9.17, 15) is 19.1 Å². The Labute approximate surface area is 131 Å². The molecule has 0 saturated heterocycles. The summed E-state index contributed by atoms with van der Waals surface area (Å²) in [5, 5.41) is 14.6. The number of carbonyl (C=O) groups is 2. The summed E-state index contributed by atoms with van der Waals surface area (Å²) >= 11 is 0. The number of hydrogen-bond donors (Lipinski definition) is 3. The van der Waals surface area contributed by atoms with E-state index in [4.69, 9.17) is 4.42 Å². The highest BCUT2D eigenvalue weighted by Gasteiger charge is 2.10. The summed E-state index contributed by atoms with van der Waals surface area (Å²) in [6.45, 7) is -0.0454. The summed E-state index contributed by atoms with van der Waals surface area (Å²) in [7, 11) is 0. The molecular formula is C16H15FN2O4. The van der Waals surface area contributed by atoms with Gasteiger partial charge in [-0.2, -0.15) is 0 Å². The summed E-state index contributed by atoms with van der Waals surface area (Å²) in [4.78, 5) is 23.1. The van der Waals surface area contributed by atoms with Gasteiger partial charge in [0.15, 0.2) is 0 Å². The Hall–Kier alpha value is -2.93. The second kappa shape index (κ2) is 7.90. The van der Waals surface area contributed by atoms with Crippen molar-refractivity contribution in [3.63, 3.8) is 0 Å². The van der Waals surface area contributed by atoms with E-state index >= 15 is 0 Å². The Bertz CT molecular complexity index is 681. The molecule has 0 aliphatic carbocycles. The Morgan fingerprint density at radius 3 is 2.52 bits per heavy atom. The van der Waals surface area contributed by atoms with E-state index in [0.29, 0.717) is 11.4 Å². The number of amides is 2. The van der Waals surface area contributed by atoms with Gasteiger partial charge in [0, 0.05) is 17.8 Å². The Kier molecular flexibility index (Phi) is 5.65. The molecule has 1 heterocycles. The molecule has 0 spiro atoms. The molecule has 2 amide bonds. The van der Waals surface area contributed by atoms with Gasteiger partial charge in [0.2, 0.25) is 11.8 Å². The first-order valence-corrected chi connectivity index (χ1v) is 6.78. The van der Waals surface area contributed by atoms with Crippen molar-refractivity contribution in [3.8, 4) is 0 Å². The lowest BCUT2D eigenvalue weighted by atomic mass is 10.2. The second-order valence-electron chi connectivity index (χ2n) is 4.61. The van der Waals surface area contributed by atoms with Crippen molar-refractivity contribution in [2.24, 2.45) is 0 Å². The van der Waals surface area contributed by atoms with Crippen LogP contribution in [0.3, 0.4) is 0 Å². The molecule has 3 N–H and O–H groups in total. The van der Waals surface area contributed by atoms with E-state index < -0.39 is 23.7 Å². The number of carbonyl (C=O) groups excluding carboxylic acids is 2. The molecule has 7 heteroatoms. The topological polar surface area (TPSA) is 91.6 Å². The fraction of sp³-hybridized carbons (Fsp3) is 0.125. The van der Waals surface area contributed by atoms with Crippen molar-refractivity contribution < 1.29 is 23.5 Å². The van der Waals surface area contributed by atoms with E-state index in [0.717, 1.165) is 12.2 Å². The third-order valence-electron chi connectivity index (χ3n) is 2.84. The van der Waals surface area contributed by atoms with Gasteiger partial charge in [-0.05, 0) is 36.4 Å². The molecule has 120 valence electrons. The molecule has 1 aromatic heterocycles. The van der Waals surface area contributed by atoms with Crippen molar-refractivity contribution in [3.05, 3.63) is 66.4 Å². The molecule has 0 aliphatic heterocycles. The molecule has 1 unspecified atom stereocenters. The Morgan fingerprint density at radius 1 is 1.17 bits per heavy atom. The van der Waals surface area contributed by atoms with Crippen LogP contribution in [0.1, 0.15) is 11.9 Å². The van der Waals surface area contributed by atoms with Crippen molar-refractivity contribution in [1.82, 2.24) is 5.32 Å². The highest BCUT2D eigenvalue weighted by molar-refractivity contribution is 6.03. The van der Waals surface area contributed by atoms with Gasteiger partial charge in [-0.1, -0.05) is 0 Å². The number of benzene rings is 1. The molecule has 6 nitrogen and oxygen atoms in total. The normalized spacial score (nSPS) is 12.1. The first-order chi connectivity index (χ1) is 11.0. The Balaban J connectivity index is 1.76. The third-order valence-corrected chi connectivity index (χ3v) is 2.84. The van der Waals surface area contributed by atoms with Gasteiger partial charge in [0.25, 0.3) is 0 Å². The summed E-state index contributed by atoms with van der Waals surface area (Å²) < 4.78 is 17.7. The molecule has 2 rings (SSSR count). The average molecular weight is 318 g/mol. The van der Waals surface area contributed by atoms with Crippen molar-refractivity contribution >= 4 is 17.5 Å². The summed E-state index contributed by atoms with van der Waals surface area (Å²) in [5.41, 5.74) is 0.412. The zero-order chi connectivity index (χ0) is 16.7. The number of aliphatic hydroxyl groups is 1. The van der Waals surface area contributed by atoms with Crippen LogP contribution in [0, 0.1) is 5.82 Å². The van der Waals surface area contributed by atoms with E-state index in [2.05, 4.69) is 10.6 Å². The number of rotatable bonds is 6. The largest absolute Gasteiger partial charge is 0.467 e. The maximum atomic E-state index is 12.7. The van der Waals surface area contributed by atoms with Crippen LogP contribution in [0.25, 0.3) is 0 Å². The minimum Gasteiger partial charge on any atom is -0.467 e. The highest BCUT2D eigenvalue weighted by Crippen LogP contribution is 2.11. The van der Waals surface area contributed by atoms with Gasteiger partial charge < -0.3 is 20.2 Å². The summed E-state index contributed by atoms with van der Waals surface area (Å²) in [6.07, 6.45) is 2.53. The first kappa shape index (κ1) is 16.4. The lowest BCUT2D eigenvalue weighted by molar-refractivity contribution is -0.117. The maximum absolute atomic E-state index is 12.7. The van der Waals surface area contributed by atoms with E-state index in [1.807, 2.05) is 0 Å². The van der Waals surface area contributed by atoms with Crippen LogP contribution in [0.15, 0.2) is 59.2 Å². The summed E-state index contributed by atoms with van der Waals surface area (Å²) in [5.74, 6) is -1.14. The van der Waals surface area contributed by atoms with Crippen LogP contribution in [-0.4, -0.2) is 23.5 Å². The monoisotopic (exact) mass is 318 g/mol. The van der Waals surface area contributed by atoms with Gasteiger partial charge in [-0.3, -0.25) is 9.59 Å². The van der Waals surface area contributed by atoms with Crippen LogP contribution in [0.5, 0.6) is 0 Å². The quantitative estimate of drug-likeness (QED) is 0.708. The smallest absolute Gasteiger partial charge is 0.248 e. The molecule has 0 saturated carbocycles. The fourth-order valence-corrected chi connectivity index (χ4v) is 1.71. The van der Waals surface area contributed by atoms with Gasteiger partial charge in [-0.15, -0.1) is 0 Å². The van der Waals surface area contributed by atoms with E-state index in [1.54, 1.807) is 12.1 Å². The van der Waals surface area contributed by atoms with Crippen molar-refractivity contribution in [1.29, 1.82) is 0 Å². The number of nitrogens with one attached hydrogen (secondary N) is 2. The number of halogens is 1. The molecule has 1 atom stereocenters. The maximum Gasteiger partial charge on any atom is 0.248 e. The average Bonchev–Trinajstić information content (AvgIpc) is 3.07. The van der Waals surface area contributed by atoms with E-state index in [-0.39, 0.29) is 6.54 Å². The van der Waals surface area contributed by atoms with Crippen LogP contribution >= 0.6 is 0 Å². The van der Waals surface area contributed by atoms with Crippen LogP contribution < -0.4 is 10.6 Å². The molecule has 1 aromatic carbocycles. The van der Waals surface area contributed by atoms with Crippen LogP contribution in [-0.2, 0) is 9.59 Å². The second-order valence-corrected chi connectivity index (χ2v) is 4.61. The fourth-order valence-electron chi connectivity index (χ4n) is 1.71. The lowest BCUT2D eigenvalue weighted by Gasteiger charge is -2.07. The molecule has 0 fully saturated rings. The molecular weight excluding hydrogens is 303 g/mol. The standard InChI is InChI=1S/C16H15FN2O4/c17-11-3-5-12(6-4-11)19-16(22)8-7-15(21)18-10-13(20)14-2-1-9-23-14/h1-9,13,20H,10H2,(H,18,21)(H,19,22)/b8-7+. The number of aliphatic hydroxyl groups excluding tert-OH is 1. The lowest BCUT2D eigenvalue weighted by Crippen LogP contribution is -2.26. The number of hydrogen-bond acceptors (Lipinski definition) is 4. The highest BCUT2D eigenvalue weighted by atomic mass is 19.1. The molecule has 23 heavy (non-hydrogen) atoms. The van der Waals surface area contributed by atoms with Gasteiger partial charge in [-0.25, -0.2) is 4.39 Å². The zero-order valence-electron chi connectivity index (χ0n) is 12.0.